The predicted octanol–water partition coefficient (Wildman–Crippen LogP) is -0.102. The van der Waals surface area contributed by atoms with Gasteiger partial charge in [0, 0.05) is 39.3 Å². The topological polar surface area (TPSA) is 58.6 Å². The molecule has 18 heavy (non-hydrogen) atoms. The summed E-state index contributed by atoms with van der Waals surface area (Å²) in [6, 6.07) is 0.0820. The molecule has 1 saturated heterocycles. The van der Waals surface area contributed by atoms with Crippen molar-refractivity contribution in [2.24, 2.45) is 0 Å². The fraction of sp³-hybridized carbons (Fsp3) is 0.833. The Morgan fingerprint density at radius 1 is 1.50 bits per heavy atom. The molecular formula is C12H24N2O3S. The fourth-order valence-corrected chi connectivity index (χ4v) is 3.58. The van der Waals surface area contributed by atoms with E-state index in [1.807, 2.05) is 6.08 Å². The quantitative estimate of drug-likeness (QED) is 0.627. The monoisotopic (exact) mass is 276 g/mol. The second-order valence-corrected chi connectivity index (χ2v) is 6.86. The summed E-state index contributed by atoms with van der Waals surface area (Å²) < 4.78 is 28.1. The van der Waals surface area contributed by atoms with Crippen molar-refractivity contribution in [2.45, 2.75) is 12.5 Å². The van der Waals surface area contributed by atoms with Crippen LogP contribution < -0.4 is 5.32 Å². The van der Waals surface area contributed by atoms with E-state index < -0.39 is 9.84 Å². The smallest absolute Gasteiger partial charge is 0.153 e. The Morgan fingerprint density at radius 2 is 2.28 bits per heavy atom. The van der Waals surface area contributed by atoms with Gasteiger partial charge in [0.25, 0.3) is 0 Å². The molecule has 6 heteroatoms. The first-order valence-electron chi connectivity index (χ1n) is 6.33. The van der Waals surface area contributed by atoms with Crippen LogP contribution >= 0.6 is 0 Å². The largest absolute Gasteiger partial charge is 0.383 e. The summed E-state index contributed by atoms with van der Waals surface area (Å²) in [5.41, 5.74) is 0. The molecule has 1 rings (SSSR count). The van der Waals surface area contributed by atoms with Crippen LogP contribution in [0.5, 0.6) is 0 Å². The predicted molar refractivity (Wildman–Crippen MR) is 73.6 cm³/mol. The van der Waals surface area contributed by atoms with Crippen LogP contribution in [0.3, 0.4) is 0 Å². The highest BCUT2D eigenvalue weighted by molar-refractivity contribution is 7.91. The highest BCUT2D eigenvalue weighted by atomic mass is 32.2. The maximum absolute atomic E-state index is 11.5. The molecule has 0 radical (unpaired) electrons. The Morgan fingerprint density at radius 3 is 2.89 bits per heavy atom. The van der Waals surface area contributed by atoms with Gasteiger partial charge in [0.1, 0.15) is 0 Å². The van der Waals surface area contributed by atoms with E-state index in [2.05, 4.69) is 16.8 Å². The summed E-state index contributed by atoms with van der Waals surface area (Å²) in [4.78, 5) is 2.22. The van der Waals surface area contributed by atoms with Crippen LogP contribution in [-0.2, 0) is 14.6 Å². The zero-order valence-electron chi connectivity index (χ0n) is 11.1. The minimum atomic E-state index is -2.83. The zero-order valence-corrected chi connectivity index (χ0v) is 11.9. The third-order valence-electron chi connectivity index (χ3n) is 3.09. The van der Waals surface area contributed by atoms with Gasteiger partial charge in [-0.1, -0.05) is 6.08 Å². The fourth-order valence-electron chi connectivity index (χ4n) is 2.09. The van der Waals surface area contributed by atoms with Crippen molar-refractivity contribution in [2.75, 3.05) is 51.4 Å². The summed E-state index contributed by atoms with van der Waals surface area (Å²) in [7, 11) is -1.15. The lowest BCUT2D eigenvalue weighted by atomic mass is 10.2. The van der Waals surface area contributed by atoms with Crippen LogP contribution in [0, 0.1) is 0 Å². The molecule has 0 aromatic heterocycles. The molecule has 0 aromatic carbocycles. The van der Waals surface area contributed by atoms with Gasteiger partial charge in [-0.3, -0.25) is 4.90 Å². The summed E-state index contributed by atoms with van der Waals surface area (Å²) in [6.45, 7) is 7.51. The molecule has 1 atom stereocenters. The van der Waals surface area contributed by atoms with Gasteiger partial charge in [-0.15, -0.1) is 6.58 Å². The van der Waals surface area contributed by atoms with E-state index in [-0.39, 0.29) is 17.5 Å². The molecule has 1 aliphatic heterocycles. The number of nitrogens with one attached hydrogen (secondary N) is 1. The van der Waals surface area contributed by atoms with Gasteiger partial charge in [0.05, 0.1) is 18.1 Å². The number of nitrogens with zero attached hydrogens (tertiary/aromatic N) is 1. The highest BCUT2D eigenvalue weighted by Crippen LogP contribution is 2.06. The molecule has 0 spiro atoms. The molecule has 0 bridgehead atoms. The molecule has 1 N–H and O–H groups in total. The van der Waals surface area contributed by atoms with Gasteiger partial charge in [-0.25, -0.2) is 8.42 Å². The number of rotatable bonds is 8. The van der Waals surface area contributed by atoms with Crippen LogP contribution in [0.15, 0.2) is 12.7 Å². The van der Waals surface area contributed by atoms with E-state index in [1.165, 1.54) is 0 Å². The van der Waals surface area contributed by atoms with Gasteiger partial charge in [-0.05, 0) is 6.42 Å². The van der Waals surface area contributed by atoms with Crippen LogP contribution in [0.25, 0.3) is 0 Å². The molecule has 1 unspecified atom stereocenters. The van der Waals surface area contributed by atoms with Gasteiger partial charge >= 0.3 is 0 Å². The van der Waals surface area contributed by atoms with E-state index in [0.29, 0.717) is 13.2 Å². The molecule has 1 heterocycles. The molecule has 106 valence electrons. The number of hydrogen-bond donors (Lipinski definition) is 1. The standard InChI is InChI=1S/C12H24N2O3S/c1-3-6-14(8-9-17-2)7-4-12-11-18(15,16)10-5-13-12/h3,12-13H,1,4-11H2,2H3. The van der Waals surface area contributed by atoms with E-state index in [1.54, 1.807) is 7.11 Å². The van der Waals surface area contributed by atoms with Crippen molar-refractivity contribution in [1.29, 1.82) is 0 Å². The number of hydrogen-bond acceptors (Lipinski definition) is 5. The number of methoxy groups -OCH3 is 1. The van der Waals surface area contributed by atoms with Crippen molar-refractivity contribution < 1.29 is 13.2 Å². The molecular weight excluding hydrogens is 252 g/mol. The summed E-state index contributed by atoms with van der Waals surface area (Å²) in [5.74, 6) is 0.531. The SMILES string of the molecule is C=CCN(CCOC)CCC1CS(=O)(=O)CCN1. The molecule has 1 aliphatic rings. The molecule has 5 nitrogen and oxygen atoms in total. The van der Waals surface area contributed by atoms with Crippen molar-refractivity contribution in [1.82, 2.24) is 10.2 Å². The molecule has 0 saturated carbocycles. The number of sulfone groups is 1. The van der Waals surface area contributed by atoms with Gasteiger partial charge in [0.15, 0.2) is 9.84 Å². The van der Waals surface area contributed by atoms with E-state index in [9.17, 15) is 8.42 Å². The van der Waals surface area contributed by atoms with E-state index in [4.69, 9.17) is 4.74 Å². The first kappa shape index (κ1) is 15.6. The maximum Gasteiger partial charge on any atom is 0.153 e. The second-order valence-electron chi connectivity index (χ2n) is 4.64. The Kier molecular flexibility index (Phi) is 6.85. The average molecular weight is 276 g/mol. The number of ether oxygens (including phenoxy) is 1. The normalized spacial score (nSPS) is 23.1. The van der Waals surface area contributed by atoms with Crippen molar-refractivity contribution >= 4 is 9.84 Å². The van der Waals surface area contributed by atoms with E-state index in [0.717, 1.165) is 26.1 Å². The highest BCUT2D eigenvalue weighted by Gasteiger charge is 2.24. The Hall–Kier alpha value is -0.430. The summed E-state index contributed by atoms with van der Waals surface area (Å²) >= 11 is 0. The second kappa shape index (κ2) is 7.89. The maximum atomic E-state index is 11.5. The lowest BCUT2D eigenvalue weighted by Gasteiger charge is -2.27. The first-order chi connectivity index (χ1) is 8.57. The summed E-state index contributed by atoms with van der Waals surface area (Å²) in [5, 5.41) is 3.27. The third kappa shape index (κ3) is 5.95. The molecule has 0 aromatic rings. The Bertz CT molecular complexity index is 343. The van der Waals surface area contributed by atoms with E-state index >= 15 is 0 Å². The van der Waals surface area contributed by atoms with Crippen molar-refractivity contribution in [3.8, 4) is 0 Å². The first-order valence-corrected chi connectivity index (χ1v) is 8.15. The van der Waals surface area contributed by atoms with Crippen LogP contribution in [0.1, 0.15) is 6.42 Å². The molecule has 0 aliphatic carbocycles. The molecule has 1 fully saturated rings. The molecule has 0 amide bonds. The van der Waals surface area contributed by atoms with Crippen molar-refractivity contribution in [3.05, 3.63) is 12.7 Å². The lowest BCUT2D eigenvalue weighted by Crippen LogP contribution is -2.46. The van der Waals surface area contributed by atoms with Crippen molar-refractivity contribution in [3.63, 3.8) is 0 Å². The van der Waals surface area contributed by atoms with Crippen LogP contribution in [0.4, 0.5) is 0 Å². The minimum absolute atomic E-state index is 0.0820. The third-order valence-corrected chi connectivity index (χ3v) is 4.83. The lowest BCUT2D eigenvalue weighted by molar-refractivity contribution is 0.152. The van der Waals surface area contributed by atoms with Gasteiger partial charge < -0.3 is 10.1 Å². The van der Waals surface area contributed by atoms with Gasteiger partial charge in [0.2, 0.25) is 0 Å². The van der Waals surface area contributed by atoms with Gasteiger partial charge in [-0.2, -0.15) is 0 Å². The Balaban J connectivity index is 2.34. The average Bonchev–Trinajstić information content (AvgIpc) is 2.31. The van der Waals surface area contributed by atoms with Crippen LogP contribution in [0.2, 0.25) is 0 Å². The minimum Gasteiger partial charge on any atom is -0.383 e. The Labute approximate surface area is 110 Å². The zero-order chi connectivity index (χ0) is 13.4. The van der Waals surface area contributed by atoms with Crippen LogP contribution in [-0.4, -0.2) is 70.8 Å². The summed E-state index contributed by atoms with van der Waals surface area (Å²) in [6.07, 6.45) is 2.71.